The molecule has 0 bridgehead atoms. The first-order chi connectivity index (χ1) is 12.2. The second-order valence-corrected chi connectivity index (χ2v) is 6.62. The van der Waals surface area contributed by atoms with Crippen molar-refractivity contribution in [1.82, 2.24) is 15.0 Å². The standard InChI is InChI=1S/C19H13IN4O/c20-16-9-5-4-8-15(16)19(25)21-13-10-11-17-18(12-13)23-24(22-17)14-6-2-1-3-7-14/h1-12H,(H,21,25). The van der Waals surface area contributed by atoms with Gasteiger partial charge in [0.1, 0.15) is 11.0 Å². The van der Waals surface area contributed by atoms with Crippen LogP contribution < -0.4 is 5.32 Å². The maximum atomic E-state index is 12.4. The third kappa shape index (κ3) is 3.25. The minimum atomic E-state index is -0.139. The van der Waals surface area contributed by atoms with Crippen LogP contribution in [0, 0.1) is 3.57 Å². The van der Waals surface area contributed by atoms with Crippen molar-refractivity contribution < 1.29 is 4.79 Å². The lowest BCUT2D eigenvalue weighted by atomic mass is 10.2. The fourth-order valence-corrected chi connectivity index (χ4v) is 3.15. The molecule has 25 heavy (non-hydrogen) atoms. The molecule has 1 N–H and O–H groups in total. The van der Waals surface area contributed by atoms with Crippen molar-refractivity contribution in [3.63, 3.8) is 0 Å². The zero-order valence-electron chi connectivity index (χ0n) is 13.1. The Hall–Kier alpha value is -2.74. The van der Waals surface area contributed by atoms with Crippen molar-refractivity contribution >= 4 is 45.2 Å². The zero-order valence-corrected chi connectivity index (χ0v) is 15.2. The first-order valence-electron chi connectivity index (χ1n) is 7.69. The molecule has 4 aromatic rings. The zero-order chi connectivity index (χ0) is 17.2. The summed E-state index contributed by atoms with van der Waals surface area (Å²) in [5, 5.41) is 11.9. The highest BCUT2D eigenvalue weighted by molar-refractivity contribution is 14.1. The summed E-state index contributed by atoms with van der Waals surface area (Å²) in [7, 11) is 0. The maximum Gasteiger partial charge on any atom is 0.256 e. The van der Waals surface area contributed by atoms with E-state index in [1.165, 1.54) is 0 Å². The summed E-state index contributed by atoms with van der Waals surface area (Å²) in [4.78, 5) is 14.0. The molecule has 0 spiro atoms. The Morgan fingerprint density at radius 2 is 1.60 bits per heavy atom. The highest BCUT2D eigenvalue weighted by Crippen LogP contribution is 2.19. The van der Waals surface area contributed by atoms with Gasteiger partial charge in [0, 0.05) is 9.26 Å². The van der Waals surface area contributed by atoms with Crippen LogP contribution in [0.2, 0.25) is 0 Å². The SMILES string of the molecule is O=C(Nc1ccc2nn(-c3ccccc3)nc2c1)c1ccccc1I. The number of nitrogens with one attached hydrogen (secondary N) is 1. The molecule has 1 amide bonds. The van der Waals surface area contributed by atoms with Crippen molar-refractivity contribution in [2.75, 3.05) is 5.32 Å². The third-order valence-electron chi connectivity index (χ3n) is 3.74. The van der Waals surface area contributed by atoms with Crippen LogP contribution in [0.15, 0.2) is 72.8 Å². The number of carbonyl (C=O) groups excluding carboxylic acids is 1. The Morgan fingerprint density at radius 3 is 2.40 bits per heavy atom. The molecular formula is C19H13IN4O. The van der Waals surface area contributed by atoms with Gasteiger partial charge in [-0.3, -0.25) is 4.79 Å². The van der Waals surface area contributed by atoms with Crippen LogP contribution >= 0.6 is 22.6 Å². The number of benzene rings is 3. The second kappa shape index (κ2) is 6.64. The average molecular weight is 440 g/mol. The summed E-state index contributed by atoms with van der Waals surface area (Å²) >= 11 is 2.16. The Kier molecular flexibility index (Phi) is 4.19. The van der Waals surface area contributed by atoms with Gasteiger partial charge in [-0.1, -0.05) is 30.3 Å². The Balaban J connectivity index is 1.63. The van der Waals surface area contributed by atoms with E-state index in [0.717, 1.165) is 20.3 Å². The molecule has 0 aliphatic heterocycles. The normalized spacial score (nSPS) is 10.8. The third-order valence-corrected chi connectivity index (χ3v) is 4.68. The molecule has 122 valence electrons. The predicted molar refractivity (Wildman–Crippen MR) is 106 cm³/mol. The highest BCUT2D eigenvalue weighted by atomic mass is 127. The summed E-state index contributed by atoms with van der Waals surface area (Å²) in [6, 6.07) is 22.7. The lowest BCUT2D eigenvalue weighted by Crippen LogP contribution is -2.13. The van der Waals surface area contributed by atoms with Gasteiger partial charge in [-0.05, 0) is 65.1 Å². The average Bonchev–Trinajstić information content (AvgIpc) is 3.06. The van der Waals surface area contributed by atoms with Gasteiger partial charge in [-0.2, -0.15) is 4.80 Å². The molecule has 0 radical (unpaired) electrons. The van der Waals surface area contributed by atoms with E-state index in [0.29, 0.717) is 11.3 Å². The van der Waals surface area contributed by atoms with Gasteiger partial charge in [0.05, 0.1) is 11.3 Å². The lowest BCUT2D eigenvalue weighted by Gasteiger charge is -2.06. The maximum absolute atomic E-state index is 12.4. The van der Waals surface area contributed by atoms with Crippen molar-refractivity contribution in [2.24, 2.45) is 0 Å². The van der Waals surface area contributed by atoms with Gasteiger partial charge in [-0.25, -0.2) is 0 Å². The molecular weight excluding hydrogens is 427 g/mol. The number of rotatable bonds is 3. The van der Waals surface area contributed by atoms with E-state index in [2.05, 4.69) is 38.1 Å². The van der Waals surface area contributed by atoms with Crippen molar-refractivity contribution in [1.29, 1.82) is 0 Å². The van der Waals surface area contributed by atoms with E-state index in [1.807, 2.05) is 66.7 Å². The van der Waals surface area contributed by atoms with Crippen LogP contribution in [0.25, 0.3) is 16.7 Å². The van der Waals surface area contributed by atoms with Gasteiger partial charge in [0.2, 0.25) is 0 Å². The van der Waals surface area contributed by atoms with E-state index >= 15 is 0 Å². The molecule has 1 aromatic heterocycles. The molecule has 1 heterocycles. The molecule has 0 aliphatic carbocycles. The van der Waals surface area contributed by atoms with Gasteiger partial charge in [-0.15, -0.1) is 10.2 Å². The largest absolute Gasteiger partial charge is 0.322 e. The monoisotopic (exact) mass is 440 g/mol. The number of anilines is 1. The summed E-state index contributed by atoms with van der Waals surface area (Å²) in [6.45, 7) is 0. The van der Waals surface area contributed by atoms with Crippen LogP contribution in [-0.4, -0.2) is 20.9 Å². The topological polar surface area (TPSA) is 59.8 Å². The molecule has 0 unspecified atom stereocenters. The minimum Gasteiger partial charge on any atom is -0.322 e. The van der Waals surface area contributed by atoms with Gasteiger partial charge < -0.3 is 5.32 Å². The van der Waals surface area contributed by atoms with Crippen LogP contribution in [0.3, 0.4) is 0 Å². The summed E-state index contributed by atoms with van der Waals surface area (Å²) in [5.41, 5.74) is 3.73. The van der Waals surface area contributed by atoms with E-state index in [-0.39, 0.29) is 5.91 Å². The number of hydrogen-bond acceptors (Lipinski definition) is 3. The summed E-state index contributed by atoms with van der Waals surface area (Å²) < 4.78 is 0.911. The van der Waals surface area contributed by atoms with E-state index in [4.69, 9.17) is 0 Å². The number of nitrogens with zero attached hydrogens (tertiary/aromatic N) is 3. The molecule has 5 nitrogen and oxygen atoms in total. The summed E-state index contributed by atoms with van der Waals surface area (Å²) in [5.74, 6) is -0.139. The number of amides is 1. The predicted octanol–water partition coefficient (Wildman–Crippen LogP) is 4.28. The van der Waals surface area contributed by atoms with Crippen LogP contribution in [0.1, 0.15) is 10.4 Å². The number of para-hydroxylation sites is 1. The van der Waals surface area contributed by atoms with Gasteiger partial charge in [0.15, 0.2) is 0 Å². The molecule has 4 rings (SSSR count). The summed E-state index contributed by atoms with van der Waals surface area (Å²) in [6.07, 6.45) is 0. The van der Waals surface area contributed by atoms with E-state index in [1.54, 1.807) is 10.9 Å². The Bertz CT molecular complexity index is 1060. The van der Waals surface area contributed by atoms with E-state index in [9.17, 15) is 4.79 Å². The molecule has 0 fully saturated rings. The second-order valence-electron chi connectivity index (χ2n) is 5.46. The quantitative estimate of drug-likeness (QED) is 0.484. The minimum absolute atomic E-state index is 0.139. The van der Waals surface area contributed by atoms with Crippen molar-refractivity contribution in [3.8, 4) is 5.69 Å². The Morgan fingerprint density at radius 1 is 0.880 bits per heavy atom. The fraction of sp³-hybridized carbons (Fsp3) is 0. The first-order valence-corrected chi connectivity index (χ1v) is 8.77. The van der Waals surface area contributed by atoms with Crippen LogP contribution in [-0.2, 0) is 0 Å². The molecule has 6 heteroatoms. The number of carbonyl (C=O) groups is 1. The number of aromatic nitrogens is 3. The van der Waals surface area contributed by atoms with E-state index < -0.39 is 0 Å². The van der Waals surface area contributed by atoms with Crippen molar-refractivity contribution in [3.05, 3.63) is 81.9 Å². The fourth-order valence-electron chi connectivity index (χ4n) is 2.51. The molecule has 0 atom stereocenters. The molecule has 3 aromatic carbocycles. The van der Waals surface area contributed by atoms with Crippen LogP contribution in [0.5, 0.6) is 0 Å². The molecule has 0 aliphatic rings. The smallest absolute Gasteiger partial charge is 0.256 e. The van der Waals surface area contributed by atoms with Crippen LogP contribution in [0.4, 0.5) is 5.69 Å². The van der Waals surface area contributed by atoms with Crippen molar-refractivity contribution in [2.45, 2.75) is 0 Å². The number of fused-ring (bicyclic) bond motifs is 1. The lowest BCUT2D eigenvalue weighted by molar-refractivity contribution is 0.102. The number of halogens is 1. The molecule has 0 saturated carbocycles. The molecule has 0 saturated heterocycles. The Labute approximate surface area is 157 Å². The first kappa shape index (κ1) is 15.8. The van der Waals surface area contributed by atoms with Gasteiger partial charge in [0.25, 0.3) is 5.91 Å². The number of hydrogen-bond donors (Lipinski definition) is 1. The van der Waals surface area contributed by atoms with Gasteiger partial charge >= 0.3 is 0 Å². The highest BCUT2D eigenvalue weighted by Gasteiger charge is 2.11.